The Balaban J connectivity index is 1.30. The highest BCUT2D eigenvalue weighted by atomic mass is 35.5. The van der Waals surface area contributed by atoms with E-state index in [0.717, 1.165) is 21.6 Å². The van der Waals surface area contributed by atoms with Gasteiger partial charge < -0.3 is 16.0 Å². The maximum absolute atomic E-state index is 13.5. The summed E-state index contributed by atoms with van der Waals surface area (Å²) in [4.78, 5) is 39.9. The Morgan fingerprint density at radius 2 is 1.38 bits per heavy atom. The van der Waals surface area contributed by atoms with Crippen molar-refractivity contribution in [2.24, 2.45) is 0 Å². The SMILES string of the molecule is O=C(CSc1cccc(NC(=O)/C(=C\c2ccc(-c3ccccc3)cc2)NC(=O)c2ccccc2)c1)Nc1cc(Cl)ccc1Cl. The van der Waals surface area contributed by atoms with Gasteiger partial charge in [0.15, 0.2) is 0 Å². The van der Waals surface area contributed by atoms with Gasteiger partial charge in [0.25, 0.3) is 11.8 Å². The van der Waals surface area contributed by atoms with Crippen LogP contribution in [0.25, 0.3) is 17.2 Å². The summed E-state index contributed by atoms with van der Waals surface area (Å²) in [6, 6.07) is 38.3. The Bertz CT molecular complexity index is 1850. The molecule has 0 aliphatic rings. The van der Waals surface area contributed by atoms with E-state index in [0.29, 0.717) is 27.0 Å². The van der Waals surface area contributed by atoms with E-state index in [9.17, 15) is 14.4 Å². The number of carbonyl (C=O) groups is 3. The second-order valence-corrected chi connectivity index (χ2v) is 11.7. The molecule has 0 saturated heterocycles. The zero-order valence-corrected chi connectivity index (χ0v) is 26.1. The molecule has 3 amide bonds. The van der Waals surface area contributed by atoms with Crippen LogP contribution in [0.1, 0.15) is 15.9 Å². The third-order valence-electron chi connectivity index (χ3n) is 6.52. The van der Waals surface area contributed by atoms with Crippen LogP contribution < -0.4 is 16.0 Å². The van der Waals surface area contributed by atoms with Crippen LogP contribution in [0.4, 0.5) is 11.4 Å². The van der Waals surface area contributed by atoms with Gasteiger partial charge in [-0.1, -0.05) is 102 Å². The van der Waals surface area contributed by atoms with Crippen molar-refractivity contribution in [2.45, 2.75) is 4.90 Å². The Hall–Kier alpha value is -4.82. The van der Waals surface area contributed by atoms with Crippen LogP contribution in [-0.4, -0.2) is 23.5 Å². The van der Waals surface area contributed by atoms with Gasteiger partial charge in [0, 0.05) is 21.2 Å². The summed E-state index contributed by atoms with van der Waals surface area (Å²) in [6.07, 6.45) is 1.63. The van der Waals surface area contributed by atoms with Gasteiger partial charge in [-0.25, -0.2) is 0 Å². The Kier molecular flexibility index (Phi) is 10.7. The molecule has 0 heterocycles. The Morgan fingerprint density at radius 3 is 2.11 bits per heavy atom. The molecule has 5 aromatic rings. The van der Waals surface area contributed by atoms with Crippen molar-refractivity contribution in [3.05, 3.63) is 154 Å². The fourth-order valence-electron chi connectivity index (χ4n) is 4.30. The number of amides is 3. The molecule has 3 N–H and O–H groups in total. The molecule has 5 aromatic carbocycles. The molecular weight excluding hydrogens is 625 g/mol. The van der Waals surface area contributed by atoms with Crippen LogP contribution >= 0.6 is 35.0 Å². The second-order valence-electron chi connectivity index (χ2n) is 9.81. The molecule has 6 nitrogen and oxygen atoms in total. The Labute approximate surface area is 275 Å². The number of hydrogen-bond acceptors (Lipinski definition) is 4. The quantitative estimate of drug-likeness (QED) is 0.104. The maximum atomic E-state index is 13.5. The molecular formula is C36H27Cl2N3O3S. The molecule has 0 spiro atoms. The van der Waals surface area contributed by atoms with Crippen molar-refractivity contribution < 1.29 is 14.4 Å². The largest absolute Gasteiger partial charge is 0.324 e. The molecule has 9 heteroatoms. The van der Waals surface area contributed by atoms with Gasteiger partial charge in [0.1, 0.15) is 5.70 Å². The van der Waals surface area contributed by atoms with Gasteiger partial charge in [0.05, 0.1) is 16.5 Å². The number of benzene rings is 5. The average Bonchev–Trinajstić information content (AvgIpc) is 3.06. The van der Waals surface area contributed by atoms with Gasteiger partial charge in [-0.3, -0.25) is 14.4 Å². The minimum absolute atomic E-state index is 0.0761. The zero-order chi connectivity index (χ0) is 31.6. The van der Waals surface area contributed by atoms with Crippen LogP contribution in [0.2, 0.25) is 10.0 Å². The van der Waals surface area contributed by atoms with Gasteiger partial charge in [-0.05, 0) is 71.3 Å². The lowest BCUT2D eigenvalue weighted by Gasteiger charge is -2.12. The van der Waals surface area contributed by atoms with Crippen molar-refractivity contribution in [1.82, 2.24) is 5.32 Å². The van der Waals surface area contributed by atoms with Crippen LogP contribution in [-0.2, 0) is 9.59 Å². The summed E-state index contributed by atoms with van der Waals surface area (Å²) in [5.74, 6) is -1.06. The summed E-state index contributed by atoms with van der Waals surface area (Å²) in [5.41, 5.74) is 4.28. The van der Waals surface area contributed by atoms with Crippen LogP contribution in [0.5, 0.6) is 0 Å². The topological polar surface area (TPSA) is 87.3 Å². The minimum atomic E-state index is -0.498. The highest BCUT2D eigenvalue weighted by Crippen LogP contribution is 2.27. The van der Waals surface area contributed by atoms with E-state index in [1.54, 1.807) is 66.7 Å². The molecule has 0 aliphatic heterocycles. The molecule has 0 saturated carbocycles. The number of rotatable bonds is 10. The summed E-state index contributed by atoms with van der Waals surface area (Å²) < 4.78 is 0. The number of nitrogens with one attached hydrogen (secondary N) is 3. The first-order chi connectivity index (χ1) is 21.8. The summed E-state index contributed by atoms with van der Waals surface area (Å²) >= 11 is 13.5. The van der Waals surface area contributed by atoms with Crippen molar-refractivity contribution in [3.63, 3.8) is 0 Å². The highest BCUT2D eigenvalue weighted by molar-refractivity contribution is 8.00. The number of anilines is 2. The van der Waals surface area contributed by atoms with E-state index >= 15 is 0 Å². The molecule has 0 fully saturated rings. The molecule has 5 rings (SSSR count). The van der Waals surface area contributed by atoms with Gasteiger partial charge in [-0.2, -0.15) is 0 Å². The molecule has 0 radical (unpaired) electrons. The summed E-state index contributed by atoms with van der Waals surface area (Å²) in [6.45, 7) is 0. The molecule has 0 aromatic heterocycles. The lowest BCUT2D eigenvalue weighted by molar-refractivity contribution is -0.114. The standard InChI is InChI=1S/C36H27Cl2N3O3S/c37-28-18-19-31(38)32(21-28)40-34(42)23-45-30-13-7-12-29(22-30)39-36(44)33(41-35(43)27-10-5-2-6-11-27)20-24-14-16-26(17-15-24)25-8-3-1-4-9-25/h1-22H,23H2,(H,39,44)(H,40,42)(H,41,43)/b33-20+. The fraction of sp³-hybridized carbons (Fsp3) is 0.0278. The lowest BCUT2D eigenvalue weighted by Crippen LogP contribution is -2.30. The van der Waals surface area contributed by atoms with Crippen LogP contribution in [0, 0.1) is 0 Å². The second kappa shape index (κ2) is 15.3. The molecule has 224 valence electrons. The molecule has 0 atom stereocenters. The monoisotopic (exact) mass is 651 g/mol. The normalized spacial score (nSPS) is 11.0. The van der Waals surface area contributed by atoms with E-state index in [2.05, 4.69) is 16.0 Å². The zero-order valence-electron chi connectivity index (χ0n) is 23.8. The van der Waals surface area contributed by atoms with E-state index in [-0.39, 0.29) is 17.4 Å². The molecule has 0 aliphatic carbocycles. The number of hydrogen-bond donors (Lipinski definition) is 3. The third-order valence-corrected chi connectivity index (χ3v) is 8.08. The maximum Gasteiger partial charge on any atom is 0.272 e. The number of carbonyl (C=O) groups excluding carboxylic acids is 3. The van der Waals surface area contributed by atoms with E-state index < -0.39 is 11.8 Å². The van der Waals surface area contributed by atoms with E-state index in [4.69, 9.17) is 23.2 Å². The fourth-order valence-corrected chi connectivity index (χ4v) is 5.39. The molecule has 0 unspecified atom stereocenters. The Morgan fingerprint density at radius 1 is 0.689 bits per heavy atom. The van der Waals surface area contributed by atoms with Crippen molar-refractivity contribution >= 4 is 70.1 Å². The average molecular weight is 653 g/mol. The number of halogens is 2. The summed E-state index contributed by atoms with van der Waals surface area (Å²) in [7, 11) is 0. The third kappa shape index (κ3) is 9.09. The number of thioether (sulfide) groups is 1. The smallest absolute Gasteiger partial charge is 0.272 e. The van der Waals surface area contributed by atoms with Crippen molar-refractivity contribution in [1.29, 1.82) is 0 Å². The van der Waals surface area contributed by atoms with Crippen molar-refractivity contribution in [2.75, 3.05) is 16.4 Å². The van der Waals surface area contributed by atoms with Gasteiger partial charge in [0.2, 0.25) is 5.91 Å². The predicted octanol–water partition coefficient (Wildman–Crippen LogP) is 8.80. The minimum Gasteiger partial charge on any atom is -0.324 e. The predicted molar refractivity (Wildman–Crippen MR) is 185 cm³/mol. The van der Waals surface area contributed by atoms with Crippen LogP contribution in [0.3, 0.4) is 0 Å². The van der Waals surface area contributed by atoms with E-state index in [1.807, 2.05) is 66.7 Å². The van der Waals surface area contributed by atoms with Gasteiger partial charge >= 0.3 is 0 Å². The first-order valence-electron chi connectivity index (χ1n) is 13.9. The van der Waals surface area contributed by atoms with Crippen molar-refractivity contribution in [3.8, 4) is 11.1 Å². The first kappa shape index (κ1) is 31.6. The molecule has 45 heavy (non-hydrogen) atoms. The van der Waals surface area contributed by atoms with Gasteiger partial charge in [-0.15, -0.1) is 11.8 Å². The highest BCUT2D eigenvalue weighted by Gasteiger charge is 2.16. The lowest BCUT2D eigenvalue weighted by atomic mass is 10.0. The summed E-state index contributed by atoms with van der Waals surface area (Å²) in [5, 5.41) is 9.24. The van der Waals surface area contributed by atoms with Crippen LogP contribution in [0.15, 0.2) is 138 Å². The molecule has 0 bridgehead atoms. The first-order valence-corrected chi connectivity index (χ1v) is 15.6. The van der Waals surface area contributed by atoms with E-state index in [1.165, 1.54) is 11.8 Å².